The average Bonchev–Trinajstić information content (AvgIpc) is 2.45. The first-order valence-electron chi connectivity index (χ1n) is 7.66. The summed E-state index contributed by atoms with van der Waals surface area (Å²) in [5.41, 5.74) is 1.14. The molecule has 0 saturated carbocycles. The third kappa shape index (κ3) is 7.22. The number of aliphatic hydroxyl groups is 1. The van der Waals surface area contributed by atoms with E-state index in [1.165, 1.54) is 12.8 Å². The number of aliphatic hydroxyl groups excluding tert-OH is 1. The standard InChI is InChI=1S/C15H27N3O3S/c1-3-5-6-11-18(4-2)12-15(19)13-7-9-14(10-8-13)17-22(16,20)21/h7-10,15,17,19H,3-6,11-12H2,1-2H3,(H2,16,20,21). The van der Waals surface area contributed by atoms with E-state index in [2.05, 4.69) is 23.5 Å². The Balaban J connectivity index is 2.59. The Morgan fingerprint density at radius 2 is 1.86 bits per heavy atom. The van der Waals surface area contributed by atoms with Gasteiger partial charge in [-0.25, -0.2) is 5.14 Å². The molecule has 0 bridgehead atoms. The van der Waals surface area contributed by atoms with Crippen LogP contribution in [0.3, 0.4) is 0 Å². The Kier molecular flexibility index (Phi) is 7.81. The Labute approximate surface area is 133 Å². The fraction of sp³-hybridized carbons (Fsp3) is 0.600. The predicted octanol–water partition coefficient (Wildman–Crippen LogP) is 1.85. The third-order valence-corrected chi connectivity index (χ3v) is 4.03. The highest BCUT2D eigenvalue weighted by Gasteiger charge is 2.12. The number of nitrogens with zero attached hydrogens (tertiary/aromatic N) is 1. The van der Waals surface area contributed by atoms with Crippen molar-refractivity contribution in [3.8, 4) is 0 Å². The molecular weight excluding hydrogens is 302 g/mol. The van der Waals surface area contributed by atoms with Gasteiger partial charge in [-0.2, -0.15) is 8.42 Å². The van der Waals surface area contributed by atoms with Gasteiger partial charge >= 0.3 is 0 Å². The van der Waals surface area contributed by atoms with Crippen LogP contribution in [0.2, 0.25) is 0 Å². The number of hydrogen-bond donors (Lipinski definition) is 3. The Morgan fingerprint density at radius 3 is 2.36 bits per heavy atom. The molecule has 126 valence electrons. The van der Waals surface area contributed by atoms with Crippen molar-refractivity contribution in [2.75, 3.05) is 24.4 Å². The van der Waals surface area contributed by atoms with Crippen LogP contribution in [0.1, 0.15) is 44.8 Å². The lowest BCUT2D eigenvalue weighted by Gasteiger charge is -2.23. The van der Waals surface area contributed by atoms with E-state index in [1.54, 1.807) is 24.3 Å². The molecule has 0 aliphatic heterocycles. The lowest BCUT2D eigenvalue weighted by Crippen LogP contribution is -2.29. The highest BCUT2D eigenvalue weighted by molar-refractivity contribution is 7.90. The smallest absolute Gasteiger partial charge is 0.296 e. The Bertz CT molecular complexity index is 531. The van der Waals surface area contributed by atoms with Crippen molar-refractivity contribution in [1.29, 1.82) is 0 Å². The zero-order valence-corrected chi connectivity index (χ0v) is 14.1. The lowest BCUT2D eigenvalue weighted by atomic mass is 10.1. The second-order valence-electron chi connectivity index (χ2n) is 5.39. The Morgan fingerprint density at radius 1 is 1.23 bits per heavy atom. The van der Waals surface area contributed by atoms with Crippen LogP contribution in [0.4, 0.5) is 5.69 Å². The SMILES string of the molecule is CCCCCN(CC)CC(O)c1ccc(NS(N)(=O)=O)cc1. The third-order valence-electron chi connectivity index (χ3n) is 3.51. The summed E-state index contributed by atoms with van der Waals surface area (Å²) in [6.07, 6.45) is 2.91. The zero-order valence-electron chi connectivity index (χ0n) is 13.3. The second-order valence-corrected chi connectivity index (χ2v) is 6.68. The molecule has 0 heterocycles. The zero-order chi connectivity index (χ0) is 16.6. The normalized spacial score (nSPS) is 13.3. The molecule has 1 atom stereocenters. The molecule has 1 aromatic rings. The monoisotopic (exact) mass is 329 g/mol. The largest absolute Gasteiger partial charge is 0.387 e. The maximum absolute atomic E-state index is 10.9. The summed E-state index contributed by atoms with van der Waals surface area (Å²) in [6.45, 7) is 6.69. The summed E-state index contributed by atoms with van der Waals surface area (Å²) >= 11 is 0. The van der Waals surface area contributed by atoms with Crippen molar-refractivity contribution in [2.45, 2.75) is 39.2 Å². The first kappa shape index (κ1) is 18.9. The van der Waals surface area contributed by atoms with Crippen LogP contribution in [-0.2, 0) is 10.2 Å². The van der Waals surface area contributed by atoms with Gasteiger partial charge in [0.15, 0.2) is 0 Å². The maximum atomic E-state index is 10.9. The van der Waals surface area contributed by atoms with Gasteiger partial charge < -0.3 is 10.0 Å². The number of benzene rings is 1. The molecule has 6 nitrogen and oxygen atoms in total. The molecule has 1 aromatic carbocycles. The van der Waals surface area contributed by atoms with Gasteiger partial charge in [-0.1, -0.05) is 38.8 Å². The van der Waals surface area contributed by atoms with E-state index >= 15 is 0 Å². The van der Waals surface area contributed by atoms with Gasteiger partial charge in [0.25, 0.3) is 10.2 Å². The minimum absolute atomic E-state index is 0.383. The van der Waals surface area contributed by atoms with Gasteiger partial charge in [-0.05, 0) is 37.2 Å². The van der Waals surface area contributed by atoms with E-state index in [9.17, 15) is 13.5 Å². The molecule has 0 radical (unpaired) electrons. The topological polar surface area (TPSA) is 95.7 Å². The van der Waals surface area contributed by atoms with E-state index in [4.69, 9.17) is 5.14 Å². The van der Waals surface area contributed by atoms with Gasteiger partial charge in [0.1, 0.15) is 0 Å². The lowest BCUT2D eigenvalue weighted by molar-refractivity contribution is 0.115. The summed E-state index contributed by atoms with van der Waals surface area (Å²) in [5, 5.41) is 15.2. The number of nitrogens with two attached hydrogens (primary N) is 1. The van der Waals surface area contributed by atoms with E-state index in [0.29, 0.717) is 12.2 Å². The number of unbranched alkanes of at least 4 members (excludes halogenated alkanes) is 2. The van der Waals surface area contributed by atoms with Crippen molar-refractivity contribution >= 4 is 15.9 Å². The first-order valence-corrected chi connectivity index (χ1v) is 9.21. The molecule has 0 aliphatic carbocycles. The minimum Gasteiger partial charge on any atom is -0.387 e. The van der Waals surface area contributed by atoms with Gasteiger partial charge in [-0.3, -0.25) is 4.72 Å². The van der Waals surface area contributed by atoms with Crippen LogP contribution in [0, 0.1) is 0 Å². The molecule has 0 spiro atoms. The van der Waals surface area contributed by atoms with Gasteiger partial charge in [0, 0.05) is 12.2 Å². The molecule has 0 fully saturated rings. The van der Waals surface area contributed by atoms with E-state index in [1.807, 2.05) is 0 Å². The second kappa shape index (κ2) is 9.09. The summed E-state index contributed by atoms with van der Waals surface area (Å²) in [7, 11) is -3.77. The summed E-state index contributed by atoms with van der Waals surface area (Å²) < 4.78 is 24.1. The van der Waals surface area contributed by atoms with Crippen molar-refractivity contribution in [2.24, 2.45) is 5.14 Å². The van der Waals surface area contributed by atoms with Crippen molar-refractivity contribution in [1.82, 2.24) is 4.90 Å². The van der Waals surface area contributed by atoms with Crippen LogP contribution in [0.5, 0.6) is 0 Å². The molecule has 4 N–H and O–H groups in total. The molecule has 0 amide bonds. The molecule has 0 aliphatic rings. The van der Waals surface area contributed by atoms with Gasteiger partial charge in [-0.15, -0.1) is 0 Å². The summed E-state index contributed by atoms with van der Waals surface area (Å²) in [4.78, 5) is 2.22. The Hall–Kier alpha value is -1.15. The van der Waals surface area contributed by atoms with Crippen molar-refractivity contribution in [3.63, 3.8) is 0 Å². The number of likely N-dealkylation sites (N-methyl/N-ethyl adjacent to an activating group) is 1. The molecule has 7 heteroatoms. The summed E-state index contributed by atoms with van der Waals surface area (Å²) in [6, 6.07) is 6.60. The number of nitrogens with one attached hydrogen (secondary N) is 1. The van der Waals surface area contributed by atoms with Crippen LogP contribution < -0.4 is 9.86 Å². The van der Waals surface area contributed by atoms with Gasteiger partial charge in [0.05, 0.1) is 6.10 Å². The highest BCUT2D eigenvalue weighted by Crippen LogP contribution is 2.18. The predicted molar refractivity (Wildman–Crippen MR) is 89.8 cm³/mol. The van der Waals surface area contributed by atoms with Crippen LogP contribution >= 0.6 is 0 Å². The highest BCUT2D eigenvalue weighted by atomic mass is 32.2. The average molecular weight is 329 g/mol. The molecule has 22 heavy (non-hydrogen) atoms. The maximum Gasteiger partial charge on any atom is 0.296 e. The number of anilines is 1. The quantitative estimate of drug-likeness (QED) is 0.571. The first-order chi connectivity index (χ1) is 10.4. The van der Waals surface area contributed by atoms with Crippen LogP contribution in [0.25, 0.3) is 0 Å². The van der Waals surface area contributed by atoms with Crippen molar-refractivity contribution in [3.05, 3.63) is 29.8 Å². The molecule has 0 saturated heterocycles. The molecule has 1 rings (SSSR count). The molecular formula is C15H27N3O3S. The van der Waals surface area contributed by atoms with E-state index in [-0.39, 0.29) is 0 Å². The summed E-state index contributed by atoms with van der Waals surface area (Å²) in [5.74, 6) is 0. The molecule has 0 aromatic heterocycles. The number of hydrogen-bond acceptors (Lipinski definition) is 4. The molecule has 1 unspecified atom stereocenters. The van der Waals surface area contributed by atoms with Crippen LogP contribution in [0.15, 0.2) is 24.3 Å². The van der Waals surface area contributed by atoms with Crippen LogP contribution in [-0.4, -0.2) is 38.1 Å². The van der Waals surface area contributed by atoms with E-state index in [0.717, 1.165) is 25.1 Å². The fourth-order valence-electron chi connectivity index (χ4n) is 2.25. The van der Waals surface area contributed by atoms with Gasteiger partial charge in [0.2, 0.25) is 0 Å². The number of rotatable bonds is 10. The fourth-order valence-corrected chi connectivity index (χ4v) is 2.72. The van der Waals surface area contributed by atoms with E-state index < -0.39 is 16.3 Å². The minimum atomic E-state index is -3.77. The van der Waals surface area contributed by atoms with Crippen molar-refractivity contribution < 1.29 is 13.5 Å².